The number of carbonyl (C=O) groups is 1. The summed E-state index contributed by atoms with van der Waals surface area (Å²) < 4.78 is 226. The Balaban J connectivity index is 3.37. The Kier molecular flexibility index (Phi) is 9.55. The third-order valence-electron chi connectivity index (χ3n) is 4.82. The van der Waals surface area contributed by atoms with Crippen LogP contribution in [0.25, 0.3) is 0 Å². The van der Waals surface area contributed by atoms with Gasteiger partial charge in [-0.05, 0) is 25.9 Å². The first kappa shape index (κ1) is 34.2. The van der Waals surface area contributed by atoms with Crippen molar-refractivity contribution in [1.82, 2.24) is 10.2 Å². The van der Waals surface area contributed by atoms with Gasteiger partial charge in [0.15, 0.2) is 0 Å². The second kappa shape index (κ2) is 10.6. The number of rotatable bonds is 10. The van der Waals surface area contributed by atoms with Crippen molar-refractivity contribution in [3.8, 4) is 0 Å². The molecule has 22 heteroatoms. The molecule has 1 saturated heterocycles. The van der Waals surface area contributed by atoms with E-state index in [0.717, 1.165) is 11.7 Å². The molecule has 0 bridgehead atoms. The van der Waals surface area contributed by atoms with Gasteiger partial charge in [0.05, 0.1) is 0 Å². The van der Waals surface area contributed by atoms with Gasteiger partial charge in [0.1, 0.15) is 0 Å². The zero-order chi connectivity index (χ0) is 30.2. The molecule has 0 aliphatic carbocycles. The number of hydrogen-bond acceptors (Lipinski definition) is 4. The molecular formula is C16H15F17N2O3. The van der Waals surface area contributed by atoms with Crippen LogP contribution >= 0.6 is 0 Å². The highest BCUT2D eigenvalue weighted by atomic mass is 19.4. The molecular weight excluding hydrogens is 591 g/mol. The molecule has 0 radical (unpaired) electrons. The molecule has 0 spiro atoms. The number of ether oxygens (including phenoxy) is 2. The van der Waals surface area contributed by atoms with E-state index in [0.29, 0.717) is 25.9 Å². The molecule has 1 rings (SSSR count). The van der Waals surface area contributed by atoms with Gasteiger partial charge in [-0.1, -0.05) is 6.42 Å². The van der Waals surface area contributed by atoms with Crippen molar-refractivity contribution in [3.05, 3.63) is 0 Å². The molecule has 2 atom stereocenters. The maximum absolute atomic E-state index is 14.4. The summed E-state index contributed by atoms with van der Waals surface area (Å²) in [5.74, 6) is -26.0. The van der Waals surface area contributed by atoms with Crippen molar-refractivity contribution in [2.75, 3.05) is 26.2 Å². The third-order valence-corrected chi connectivity index (χ3v) is 4.82. The summed E-state index contributed by atoms with van der Waals surface area (Å²) in [5, 5.41) is 0.987. The van der Waals surface area contributed by atoms with E-state index in [2.05, 4.69) is 0 Å². The molecule has 1 aliphatic rings. The van der Waals surface area contributed by atoms with Gasteiger partial charge in [0, 0.05) is 13.1 Å². The lowest BCUT2D eigenvalue weighted by molar-refractivity contribution is -0.548. The van der Waals surface area contributed by atoms with Crippen LogP contribution in [0.4, 0.5) is 74.6 Å². The van der Waals surface area contributed by atoms with Crippen molar-refractivity contribution in [2.24, 2.45) is 0 Å². The van der Waals surface area contributed by atoms with E-state index in [1.54, 1.807) is 0 Å². The second-order valence-corrected chi connectivity index (χ2v) is 7.65. The number of nitrogens with one attached hydrogen (secondary N) is 1. The van der Waals surface area contributed by atoms with Gasteiger partial charge in [0.25, 0.3) is 5.91 Å². The van der Waals surface area contributed by atoms with E-state index in [1.807, 2.05) is 4.74 Å². The first-order valence-electron chi connectivity index (χ1n) is 9.79. The summed E-state index contributed by atoms with van der Waals surface area (Å²) in [7, 11) is 0. The molecule has 0 saturated carbocycles. The largest absolute Gasteiger partial charge is 0.462 e. The Morgan fingerprint density at radius 1 is 0.632 bits per heavy atom. The summed E-state index contributed by atoms with van der Waals surface area (Å²) >= 11 is 0. The monoisotopic (exact) mass is 606 g/mol. The van der Waals surface area contributed by atoms with Gasteiger partial charge in [-0.3, -0.25) is 14.3 Å². The Morgan fingerprint density at radius 3 is 1.50 bits per heavy atom. The molecule has 1 aliphatic heterocycles. The molecule has 2 unspecified atom stereocenters. The first-order chi connectivity index (χ1) is 16.7. The van der Waals surface area contributed by atoms with Crippen LogP contribution in [-0.4, -0.2) is 85.4 Å². The number of piperidine rings is 1. The minimum absolute atomic E-state index is 0.300. The fraction of sp³-hybridized carbons (Fsp3) is 0.938. The molecule has 5 nitrogen and oxygen atoms in total. The summed E-state index contributed by atoms with van der Waals surface area (Å²) in [6, 6.07) is 0. The van der Waals surface area contributed by atoms with Crippen LogP contribution in [0.5, 0.6) is 0 Å². The van der Waals surface area contributed by atoms with Crippen LogP contribution < -0.4 is 5.32 Å². The molecule has 1 fully saturated rings. The number of halogens is 17. The smallest absolute Gasteiger partial charge is 0.350 e. The first-order valence-corrected chi connectivity index (χ1v) is 9.79. The average molecular weight is 606 g/mol. The van der Waals surface area contributed by atoms with Crippen LogP contribution in [-0.2, 0) is 14.3 Å². The summed E-state index contributed by atoms with van der Waals surface area (Å²) in [6.07, 6.45) is -36.5. The van der Waals surface area contributed by atoms with Crippen LogP contribution in [0.1, 0.15) is 19.3 Å². The normalized spacial score (nSPS) is 20.6. The number of nitrogens with zero attached hydrogens (tertiary/aromatic N) is 1. The maximum Gasteiger partial charge on any atom is 0.462 e. The fourth-order valence-electron chi connectivity index (χ4n) is 2.79. The highest BCUT2D eigenvalue weighted by Gasteiger charge is 2.85. The number of carbonyl (C=O) groups excluding carboxylic acids is 1. The fourth-order valence-corrected chi connectivity index (χ4v) is 2.79. The van der Waals surface area contributed by atoms with E-state index in [4.69, 9.17) is 0 Å². The lowest BCUT2D eigenvalue weighted by Gasteiger charge is -2.40. The van der Waals surface area contributed by atoms with Crippen LogP contribution in [0.15, 0.2) is 0 Å². The molecule has 0 aromatic heterocycles. The Hall–Kier alpha value is -1.84. The second-order valence-electron chi connectivity index (χ2n) is 7.65. The van der Waals surface area contributed by atoms with E-state index >= 15 is 0 Å². The number of amides is 1. The Labute approximate surface area is 200 Å². The van der Waals surface area contributed by atoms with E-state index in [1.165, 1.54) is 9.64 Å². The van der Waals surface area contributed by atoms with Crippen molar-refractivity contribution in [1.29, 1.82) is 0 Å². The number of alkyl halides is 17. The predicted molar refractivity (Wildman–Crippen MR) is 86.2 cm³/mol. The molecule has 0 aromatic carbocycles. The highest BCUT2D eigenvalue weighted by molar-refractivity contribution is 5.84. The van der Waals surface area contributed by atoms with Gasteiger partial charge in [0.2, 0.25) is 0 Å². The topological polar surface area (TPSA) is 50.8 Å². The van der Waals surface area contributed by atoms with Gasteiger partial charge in [-0.15, -0.1) is 0 Å². The maximum atomic E-state index is 14.4. The molecule has 1 heterocycles. The van der Waals surface area contributed by atoms with E-state index in [-0.39, 0.29) is 6.54 Å². The summed E-state index contributed by atoms with van der Waals surface area (Å²) in [6.45, 7) is -0.793. The van der Waals surface area contributed by atoms with Crippen molar-refractivity contribution in [2.45, 2.75) is 67.6 Å². The van der Waals surface area contributed by atoms with Crippen molar-refractivity contribution >= 4 is 5.91 Å². The molecule has 1 N–H and O–H groups in total. The molecule has 38 heavy (non-hydrogen) atoms. The van der Waals surface area contributed by atoms with Crippen LogP contribution in [0, 0.1) is 0 Å². The molecule has 226 valence electrons. The van der Waals surface area contributed by atoms with Crippen LogP contribution in [0.2, 0.25) is 0 Å². The third kappa shape index (κ3) is 6.65. The van der Waals surface area contributed by atoms with Gasteiger partial charge in [-0.25, -0.2) is 0 Å². The summed E-state index contributed by atoms with van der Waals surface area (Å²) in [5.41, 5.74) is 0. The quantitative estimate of drug-likeness (QED) is 0.336. The van der Waals surface area contributed by atoms with E-state index < -0.39 is 60.8 Å². The minimum atomic E-state index is -8.02. The predicted octanol–water partition coefficient (Wildman–Crippen LogP) is 5.46. The molecule has 1 amide bonds. The molecule has 0 aromatic rings. The number of likely N-dealkylation sites (tertiary alicyclic amines) is 1. The van der Waals surface area contributed by atoms with Crippen molar-refractivity contribution < 1.29 is 88.9 Å². The lowest BCUT2D eigenvalue weighted by Crippen LogP contribution is -2.68. The minimum Gasteiger partial charge on any atom is -0.350 e. The highest BCUT2D eigenvalue weighted by Crippen LogP contribution is 2.56. The van der Waals surface area contributed by atoms with Gasteiger partial charge >= 0.3 is 48.4 Å². The van der Waals surface area contributed by atoms with E-state index in [9.17, 15) is 79.4 Å². The standard InChI is InChI=1S/C16H15F17N2O3/c17-9(12(21,22)23,8(36)34-4-7-35-5-2-1-3-6-35)37-16(32,33)11(20,14(27,28)29)38-15(30,31)10(18,19)13(24,25)26/h1-7H2,(H,34,36). The SMILES string of the molecule is O=C(NCCN1CCCCC1)C(F)(OC(F)(F)C(F)(OC(F)(F)C(F)(F)C(F)(F)F)C(F)(F)F)C(F)(F)F. The summed E-state index contributed by atoms with van der Waals surface area (Å²) in [4.78, 5) is 13.1. The Morgan fingerprint density at radius 2 is 1.11 bits per heavy atom. The number of hydrogen-bond donors (Lipinski definition) is 1. The zero-order valence-corrected chi connectivity index (χ0v) is 18.0. The Bertz CT molecular complexity index is 822. The average Bonchev–Trinajstić information content (AvgIpc) is 2.71. The zero-order valence-electron chi connectivity index (χ0n) is 18.0. The van der Waals surface area contributed by atoms with Crippen molar-refractivity contribution in [3.63, 3.8) is 0 Å². The van der Waals surface area contributed by atoms with Gasteiger partial charge < -0.3 is 10.2 Å². The van der Waals surface area contributed by atoms with Crippen LogP contribution in [0.3, 0.4) is 0 Å². The lowest BCUT2D eigenvalue weighted by atomic mass is 10.1. The van der Waals surface area contributed by atoms with Gasteiger partial charge in [-0.2, -0.15) is 74.6 Å².